The first-order valence-electron chi connectivity index (χ1n) is 7.77. The molecule has 2 N–H and O–H groups in total. The minimum absolute atomic E-state index is 0.104. The number of rotatable bonds is 4. The van der Waals surface area contributed by atoms with Gasteiger partial charge in [0, 0.05) is 5.92 Å². The van der Waals surface area contributed by atoms with Crippen LogP contribution in [0.1, 0.15) is 49.4 Å². The van der Waals surface area contributed by atoms with Crippen LogP contribution in [0.25, 0.3) is 0 Å². The van der Waals surface area contributed by atoms with Gasteiger partial charge in [-0.05, 0) is 48.8 Å². The van der Waals surface area contributed by atoms with E-state index in [1.54, 1.807) is 29.1 Å². The molecule has 1 heterocycles. The molecule has 1 aliphatic carbocycles. The average molecular weight is 332 g/mol. The summed E-state index contributed by atoms with van der Waals surface area (Å²) in [5.41, 5.74) is 0.817. The van der Waals surface area contributed by atoms with Crippen LogP contribution in [0.3, 0.4) is 0 Å². The SMILES string of the molecule is COc1cc(C=Nn2c(C3CCCCC3)n[nH]c2=S)ccc1O. The first-order chi connectivity index (χ1) is 11.2. The molecule has 0 unspecified atom stereocenters. The molecule has 7 heteroatoms. The van der Waals surface area contributed by atoms with Crippen molar-refractivity contribution in [3.05, 3.63) is 34.4 Å². The van der Waals surface area contributed by atoms with Gasteiger partial charge in [-0.3, -0.25) is 5.10 Å². The van der Waals surface area contributed by atoms with Crippen LogP contribution < -0.4 is 4.74 Å². The summed E-state index contributed by atoms with van der Waals surface area (Å²) >= 11 is 5.29. The molecule has 6 nitrogen and oxygen atoms in total. The number of benzene rings is 1. The van der Waals surface area contributed by atoms with Gasteiger partial charge in [-0.2, -0.15) is 14.9 Å². The van der Waals surface area contributed by atoms with Crippen molar-refractivity contribution in [3.63, 3.8) is 0 Å². The fourth-order valence-electron chi connectivity index (χ4n) is 2.94. The number of nitrogens with zero attached hydrogens (tertiary/aromatic N) is 3. The fraction of sp³-hybridized carbons (Fsp3) is 0.438. The number of aromatic amines is 1. The largest absolute Gasteiger partial charge is 0.504 e. The number of phenols is 1. The second kappa shape index (κ2) is 6.95. The number of nitrogens with one attached hydrogen (secondary N) is 1. The molecule has 0 radical (unpaired) electrons. The topological polar surface area (TPSA) is 75.4 Å². The standard InChI is InChI=1S/C16H20N4O2S/c1-22-14-9-11(7-8-13(14)21)10-17-20-15(18-19-16(20)23)12-5-3-2-4-6-12/h7-10,12,21H,2-6H2,1H3,(H,19,23). The molecule has 23 heavy (non-hydrogen) atoms. The van der Waals surface area contributed by atoms with E-state index in [-0.39, 0.29) is 5.75 Å². The van der Waals surface area contributed by atoms with Crippen LogP contribution in [0.4, 0.5) is 0 Å². The zero-order valence-electron chi connectivity index (χ0n) is 13.0. The molecule has 0 atom stereocenters. The van der Waals surface area contributed by atoms with Crippen molar-refractivity contribution in [1.29, 1.82) is 0 Å². The fourth-order valence-corrected chi connectivity index (χ4v) is 3.13. The van der Waals surface area contributed by atoms with E-state index in [1.165, 1.54) is 26.4 Å². The van der Waals surface area contributed by atoms with Crippen LogP contribution in [-0.4, -0.2) is 33.3 Å². The Morgan fingerprint density at radius 1 is 1.39 bits per heavy atom. The van der Waals surface area contributed by atoms with Gasteiger partial charge in [-0.15, -0.1) is 0 Å². The van der Waals surface area contributed by atoms with Gasteiger partial charge in [-0.25, -0.2) is 0 Å². The Morgan fingerprint density at radius 3 is 2.91 bits per heavy atom. The Balaban J connectivity index is 1.87. The van der Waals surface area contributed by atoms with Crippen LogP contribution in [0, 0.1) is 4.77 Å². The molecule has 3 rings (SSSR count). The van der Waals surface area contributed by atoms with E-state index in [9.17, 15) is 5.11 Å². The number of hydrogen-bond acceptors (Lipinski definition) is 5. The number of hydrogen-bond donors (Lipinski definition) is 2. The van der Waals surface area contributed by atoms with E-state index < -0.39 is 0 Å². The minimum Gasteiger partial charge on any atom is -0.504 e. The summed E-state index contributed by atoms with van der Waals surface area (Å²) in [6.45, 7) is 0. The predicted octanol–water partition coefficient (Wildman–Crippen LogP) is 3.58. The molecule has 122 valence electrons. The normalized spacial score (nSPS) is 16.0. The van der Waals surface area contributed by atoms with E-state index in [0.29, 0.717) is 16.4 Å². The molecule has 1 aliphatic rings. The van der Waals surface area contributed by atoms with E-state index in [2.05, 4.69) is 15.3 Å². The number of aromatic nitrogens is 3. The Labute approximate surface area is 139 Å². The van der Waals surface area contributed by atoms with Gasteiger partial charge in [0.15, 0.2) is 17.3 Å². The van der Waals surface area contributed by atoms with Gasteiger partial charge >= 0.3 is 0 Å². The van der Waals surface area contributed by atoms with Crippen molar-refractivity contribution in [2.75, 3.05) is 7.11 Å². The number of methoxy groups -OCH3 is 1. The van der Waals surface area contributed by atoms with Crippen LogP contribution in [0.5, 0.6) is 11.5 Å². The molecule has 1 aromatic heterocycles. The van der Waals surface area contributed by atoms with Crippen LogP contribution in [0.15, 0.2) is 23.3 Å². The summed E-state index contributed by atoms with van der Waals surface area (Å²) < 4.78 is 7.30. The number of H-pyrrole nitrogens is 1. The summed E-state index contributed by atoms with van der Waals surface area (Å²) in [5, 5.41) is 21.3. The van der Waals surface area contributed by atoms with E-state index in [0.717, 1.165) is 24.2 Å². The zero-order chi connectivity index (χ0) is 16.2. The molecule has 0 amide bonds. The van der Waals surface area contributed by atoms with Crippen LogP contribution >= 0.6 is 12.2 Å². The van der Waals surface area contributed by atoms with Crippen LogP contribution in [0.2, 0.25) is 0 Å². The van der Waals surface area contributed by atoms with Crippen molar-refractivity contribution in [1.82, 2.24) is 14.9 Å². The highest BCUT2D eigenvalue weighted by Crippen LogP contribution is 2.31. The second-order valence-corrected chi connectivity index (χ2v) is 6.10. The molecule has 2 aromatic rings. The van der Waals surface area contributed by atoms with Gasteiger partial charge in [-0.1, -0.05) is 19.3 Å². The summed E-state index contributed by atoms with van der Waals surface area (Å²) in [7, 11) is 1.52. The molecule has 1 aromatic carbocycles. The first-order valence-corrected chi connectivity index (χ1v) is 8.18. The minimum atomic E-state index is 0.104. The van der Waals surface area contributed by atoms with E-state index in [4.69, 9.17) is 17.0 Å². The number of phenolic OH excluding ortho intramolecular Hbond substituents is 1. The lowest BCUT2D eigenvalue weighted by Crippen LogP contribution is -2.10. The summed E-state index contributed by atoms with van der Waals surface area (Å²) in [6.07, 6.45) is 7.69. The van der Waals surface area contributed by atoms with Crippen molar-refractivity contribution in [2.45, 2.75) is 38.0 Å². The highest BCUT2D eigenvalue weighted by Gasteiger charge is 2.21. The number of ether oxygens (including phenoxy) is 1. The van der Waals surface area contributed by atoms with Gasteiger partial charge < -0.3 is 9.84 Å². The molecule has 1 fully saturated rings. The van der Waals surface area contributed by atoms with E-state index in [1.807, 2.05) is 0 Å². The molecule has 0 aliphatic heterocycles. The molecule has 0 saturated heterocycles. The quantitative estimate of drug-likeness (QED) is 0.663. The van der Waals surface area contributed by atoms with E-state index >= 15 is 0 Å². The Bertz CT molecular complexity index is 760. The lowest BCUT2D eigenvalue weighted by Gasteiger charge is -2.19. The van der Waals surface area contributed by atoms with Gasteiger partial charge in [0.2, 0.25) is 4.77 Å². The highest BCUT2D eigenvalue weighted by molar-refractivity contribution is 7.71. The second-order valence-electron chi connectivity index (χ2n) is 5.71. The maximum atomic E-state index is 9.64. The summed E-state index contributed by atoms with van der Waals surface area (Å²) in [6, 6.07) is 5.07. The smallest absolute Gasteiger partial charge is 0.216 e. The monoisotopic (exact) mass is 332 g/mol. The first kappa shape index (κ1) is 15.7. The van der Waals surface area contributed by atoms with Crippen molar-refractivity contribution >= 4 is 18.4 Å². The summed E-state index contributed by atoms with van der Waals surface area (Å²) in [5.74, 6) is 1.82. The maximum Gasteiger partial charge on any atom is 0.216 e. The maximum absolute atomic E-state index is 9.64. The third-order valence-corrected chi connectivity index (χ3v) is 4.44. The van der Waals surface area contributed by atoms with Gasteiger partial charge in [0.05, 0.1) is 13.3 Å². The van der Waals surface area contributed by atoms with Crippen molar-refractivity contribution in [2.24, 2.45) is 5.10 Å². The molecular formula is C16H20N4O2S. The van der Waals surface area contributed by atoms with Crippen molar-refractivity contribution in [3.8, 4) is 11.5 Å². The Hall–Kier alpha value is -2.15. The molecule has 1 saturated carbocycles. The third kappa shape index (κ3) is 3.44. The zero-order valence-corrected chi connectivity index (χ0v) is 13.8. The van der Waals surface area contributed by atoms with Crippen LogP contribution in [-0.2, 0) is 0 Å². The lowest BCUT2D eigenvalue weighted by molar-refractivity contribution is 0.373. The molecule has 0 bridgehead atoms. The van der Waals surface area contributed by atoms with Gasteiger partial charge in [0.1, 0.15) is 0 Å². The average Bonchev–Trinajstić information content (AvgIpc) is 2.95. The molecular weight excluding hydrogens is 312 g/mol. The highest BCUT2D eigenvalue weighted by atomic mass is 32.1. The predicted molar refractivity (Wildman–Crippen MR) is 90.9 cm³/mol. The Kier molecular flexibility index (Phi) is 4.76. The van der Waals surface area contributed by atoms with Gasteiger partial charge in [0.25, 0.3) is 0 Å². The molecule has 0 spiro atoms. The van der Waals surface area contributed by atoms with Crippen molar-refractivity contribution < 1.29 is 9.84 Å². The lowest BCUT2D eigenvalue weighted by atomic mass is 9.89. The summed E-state index contributed by atoms with van der Waals surface area (Å²) in [4.78, 5) is 0. The number of aromatic hydroxyl groups is 1. The third-order valence-electron chi connectivity index (χ3n) is 4.17. The Morgan fingerprint density at radius 2 is 2.17 bits per heavy atom.